The molecule has 1 amide bonds. The van der Waals surface area contributed by atoms with Crippen LogP contribution in [-0.4, -0.2) is 15.5 Å². The third kappa shape index (κ3) is 3.60. The van der Waals surface area contributed by atoms with Gasteiger partial charge >= 0.3 is 0 Å². The van der Waals surface area contributed by atoms with Gasteiger partial charge in [0.25, 0.3) is 11.5 Å². The summed E-state index contributed by atoms with van der Waals surface area (Å²) in [5, 5.41) is 3.10. The molecule has 0 aliphatic rings. The van der Waals surface area contributed by atoms with Crippen molar-refractivity contribution < 1.29 is 9.18 Å². The number of anilines is 1. The molecule has 1 heterocycles. The van der Waals surface area contributed by atoms with E-state index in [-0.39, 0.29) is 10.3 Å². The number of aromatic amines is 1. The first kappa shape index (κ1) is 18.8. The molecule has 0 spiro atoms. The third-order valence-corrected chi connectivity index (χ3v) is 4.91. The number of aryl methyl sites for hydroxylation is 1. The van der Waals surface area contributed by atoms with Crippen molar-refractivity contribution in [3.05, 3.63) is 98.8 Å². The van der Waals surface area contributed by atoms with Gasteiger partial charge in [-0.15, -0.1) is 0 Å². The molecule has 0 unspecified atom stereocenters. The van der Waals surface area contributed by atoms with Gasteiger partial charge < -0.3 is 10.3 Å². The van der Waals surface area contributed by atoms with Crippen molar-refractivity contribution >= 4 is 34.7 Å². The number of carbonyl (C=O) groups is 1. The predicted molar refractivity (Wildman–Crippen MR) is 114 cm³/mol. The summed E-state index contributed by atoms with van der Waals surface area (Å²) >= 11 is 5.36. The first-order valence-corrected chi connectivity index (χ1v) is 9.27. The first-order chi connectivity index (χ1) is 13.9. The fraction of sp³-hybridized carbons (Fsp3) is 0.0455. The Labute approximate surface area is 170 Å². The molecule has 0 saturated heterocycles. The van der Waals surface area contributed by atoms with Gasteiger partial charge in [-0.25, -0.2) is 4.39 Å². The van der Waals surface area contributed by atoms with Gasteiger partial charge in [0.15, 0.2) is 4.77 Å². The van der Waals surface area contributed by atoms with Crippen LogP contribution in [0.5, 0.6) is 0 Å². The second-order valence-electron chi connectivity index (χ2n) is 6.58. The lowest BCUT2D eigenvalue weighted by atomic mass is 10.1. The molecular formula is C22H16FN3O2S. The molecule has 0 fully saturated rings. The molecule has 0 bridgehead atoms. The molecule has 1 aromatic heterocycles. The van der Waals surface area contributed by atoms with Gasteiger partial charge in [-0.3, -0.25) is 14.2 Å². The van der Waals surface area contributed by atoms with Crippen LogP contribution in [0, 0.1) is 17.5 Å². The van der Waals surface area contributed by atoms with Crippen LogP contribution in [0.15, 0.2) is 71.5 Å². The minimum atomic E-state index is -0.435. The average Bonchev–Trinajstić information content (AvgIpc) is 2.71. The van der Waals surface area contributed by atoms with E-state index in [0.717, 1.165) is 5.56 Å². The lowest BCUT2D eigenvalue weighted by molar-refractivity contribution is 0.102. The maximum atomic E-state index is 13.5. The number of nitrogens with zero attached hydrogens (tertiary/aromatic N) is 1. The summed E-state index contributed by atoms with van der Waals surface area (Å²) in [5.74, 6) is -0.845. The number of amides is 1. The molecule has 4 aromatic rings. The summed E-state index contributed by atoms with van der Waals surface area (Å²) in [7, 11) is 0. The number of hydrogen-bond acceptors (Lipinski definition) is 3. The van der Waals surface area contributed by atoms with Crippen LogP contribution in [0.1, 0.15) is 15.9 Å². The highest BCUT2D eigenvalue weighted by atomic mass is 32.1. The van der Waals surface area contributed by atoms with Crippen molar-refractivity contribution in [2.75, 3.05) is 5.32 Å². The zero-order chi connectivity index (χ0) is 20.5. The van der Waals surface area contributed by atoms with E-state index in [1.165, 1.54) is 16.7 Å². The van der Waals surface area contributed by atoms with Gasteiger partial charge in [0, 0.05) is 11.3 Å². The highest BCUT2D eigenvalue weighted by Crippen LogP contribution is 2.19. The molecule has 0 radical (unpaired) electrons. The van der Waals surface area contributed by atoms with Crippen molar-refractivity contribution in [1.82, 2.24) is 9.55 Å². The highest BCUT2D eigenvalue weighted by Gasteiger charge is 2.12. The standard InChI is InChI=1S/C22H16FN3O2S/c1-13-7-9-15(23)12-18(13)24-20(27)14-8-10-17-19(11-14)25-22(29)26(21(17)28)16-5-3-2-4-6-16/h2-12H,1H3,(H,24,27)(H,25,29). The van der Waals surface area contributed by atoms with Crippen molar-refractivity contribution in [2.45, 2.75) is 6.92 Å². The van der Waals surface area contributed by atoms with E-state index in [0.29, 0.717) is 27.8 Å². The molecular weight excluding hydrogens is 389 g/mol. The highest BCUT2D eigenvalue weighted by molar-refractivity contribution is 7.71. The molecule has 144 valence electrons. The van der Waals surface area contributed by atoms with Crippen LogP contribution in [-0.2, 0) is 0 Å². The van der Waals surface area contributed by atoms with Crippen molar-refractivity contribution in [2.24, 2.45) is 0 Å². The van der Waals surface area contributed by atoms with Crippen LogP contribution in [0.25, 0.3) is 16.6 Å². The minimum Gasteiger partial charge on any atom is -0.331 e. The zero-order valence-corrected chi connectivity index (χ0v) is 16.2. The van der Waals surface area contributed by atoms with E-state index < -0.39 is 11.7 Å². The average molecular weight is 405 g/mol. The molecule has 3 aromatic carbocycles. The van der Waals surface area contributed by atoms with Gasteiger partial charge in [0.2, 0.25) is 0 Å². The summed E-state index contributed by atoms with van der Waals surface area (Å²) in [6, 6.07) is 18.0. The molecule has 4 rings (SSSR count). The van der Waals surface area contributed by atoms with Crippen LogP contribution in [0.4, 0.5) is 10.1 Å². The van der Waals surface area contributed by atoms with Gasteiger partial charge in [-0.05, 0) is 67.2 Å². The van der Waals surface area contributed by atoms with Gasteiger partial charge in [-0.2, -0.15) is 0 Å². The fourth-order valence-corrected chi connectivity index (χ4v) is 3.39. The molecule has 0 atom stereocenters. The van der Waals surface area contributed by atoms with E-state index in [4.69, 9.17) is 12.2 Å². The Hall–Kier alpha value is -3.58. The maximum absolute atomic E-state index is 13.5. The predicted octanol–water partition coefficient (Wildman–Crippen LogP) is 4.75. The number of halogens is 1. The summed E-state index contributed by atoms with van der Waals surface area (Å²) in [4.78, 5) is 28.6. The number of nitrogens with one attached hydrogen (secondary N) is 2. The Kier molecular flexibility index (Phi) is 4.82. The lowest BCUT2D eigenvalue weighted by Crippen LogP contribution is -2.21. The number of carbonyl (C=O) groups excluding carboxylic acids is 1. The third-order valence-electron chi connectivity index (χ3n) is 4.62. The van der Waals surface area contributed by atoms with Gasteiger partial charge in [0.05, 0.1) is 16.6 Å². The summed E-state index contributed by atoms with van der Waals surface area (Å²) < 4.78 is 15.1. The van der Waals surface area contributed by atoms with Crippen molar-refractivity contribution in [3.63, 3.8) is 0 Å². The minimum absolute atomic E-state index is 0.229. The molecule has 0 aliphatic carbocycles. The monoisotopic (exact) mass is 405 g/mol. The van der Waals surface area contributed by atoms with Crippen LogP contribution >= 0.6 is 12.2 Å². The van der Waals surface area contributed by atoms with Crippen molar-refractivity contribution in [3.8, 4) is 5.69 Å². The molecule has 0 saturated carbocycles. The first-order valence-electron chi connectivity index (χ1n) is 8.86. The van der Waals surface area contributed by atoms with Crippen LogP contribution in [0.2, 0.25) is 0 Å². The van der Waals surface area contributed by atoms with E-state index in [2.05, 4.69) is 10.3 Å². The van der Waals surface area contributed by atoms with Gasteiger partial charge in [-0.1, -0.05) is 24.3 Å². The number of benzene rings is 3. The molecule has 7 heteroatoms. The normalized spacial score (nSPS) is 10.8. The molecule has 5 nitrogen and oxygen atoms in total. The number of fused-ring (bicyclic) bond motifs is 1. The Bertz CT molecular complexity index is 1360. The van der Waals surface area contributed by atoms with E-state index in [9.17, 15) is 14.0 Å². The number of rotatable bonds is 3. The SMILES string of the molecule is Cc1ccc(F)cc1NC(=O)c1ccc2c(=O)n(-c3ccccc3)c(=S)[nH]c2c1. The largest absolute Gasteiger partial charge is 0.331 e. The van der Waals surface area contributed by atoms with Gasteiger partial charge in [0.1, 0.15) is 5.82 Å². The Balaban J connectivity index is 1.75. The summed E-state index contributed by atoms with van der Waals surface area (Å²) in [5.41, 5.74) is 2.29. The van der Waals surface area contributed by atoms with Crippen molar-refractivity contribution in [1.29, 1.82) is 0 Å². The summed E-state index contributed by atoms with van der Waals surface area (Å²) in [6.45, 7) is 1.78. The molecule has 2 N–H and O–H groups in total. The molecule has 29 heavy (non-hydrogen) atoms. The quantitative estimate of drug-likeness (QED) is 0.484. The number of aromatic nitrogens is 2. The second kappa shape index (κ2) is 7.44. The Morgan fingerprint density at radius 3 is 2.59 bits per heavy atom. The fourth-order valence-electron chi connectivity index (χ4n) is 3.09. The van der Waals surface area contributed by atoms with E-state index in [1.54, 1.807) is 43.3 Å². The Morgan fingerprint density at radius 2 is 1.83 bits per heavy atom. The van der Waals surface area contributed by atoms with Crippen LogP contribution in [0.3, 0.4) is 0 Å². The smallest absolute Gasteiger partial charge is 0.266 e. The van der Waals surface area contributed by atoms with E-state index in [1.807, 2.05) is 18.2 Å². The maximum Gasteiger partial charge on any atom is 0.266 e. The number of para-hydroxylation sites is 1. The summed E-state index contributed by atoms with van der Waals surface area (Å²) in [6.07, 6.45) is 0. The second-order valence-corrected chi connectivity index (χ2v) is 6.97. The lowest BCUT2D eigenvalue weighted by Gasteiger charge is -2.11. The Morgan fingerprint density at radius 1 is 1.07 bits per heavy atom. The van der Waals surface area contributed by atoms with E-state index >= 15 is 0 Å². The number of H-pyrrole nitrogens is 1. The zero-order valence-electron chi connectivity index (χ0n) is 15.4. The molecule has 0 aliphatic heterocycles. The van der Waals surface area contributed by atoms with Crippen LogP contribution < -0.4 is 10.9 Å². The number of hydrogen-bond donors (Lipinski definition) is 2. The topological polar surface area (TPSA) is 66.9 Å².